The number of amides is 1. The molecule has 1 aromatic heterocycles. The fourth-order valence-corrected chi connectivity index (χ4v) is 2.49. The Balaban J connectivity index is 2.00. The number of para-hydroxylation sites is 2. The second-order valence-electron chi connectivity index (χ2n) is 4.63. The molecule has 0 radical (unpaired) electrons. The molecule has 2 aromatic rings. The lowest BCUT2D eigenvalue weighted by Crippen LogP contribution is -2.29. The van der Waals surface area contributed by atoms with Gasteiger partial charge < -0.3 is 14.8 Å². The first-order valence-electron chi connectivity index (χ1n) is 6.81. The maximum Gasteiger partial charge on any atom is 0.349 e. The van der Waals surface area contributed by atoms with Crippen molar-refractivity contribution < 1.29 is 24.0 Å². The van der Waals surface area contributed by atoms with Gasteiger partial charge in [0.05, 0.1) is 17.7 Å². The van der Waals surface area contributed by atoms with Crippen LogP contribution in [0.15, 0.2) is 36.4 Å². The molecule has 0 bridgehead atoms. The third kappa shape index (κ3) is 4.07. The quantitative estimate of drug-likeness (QED) is 0.487. The Bertz CT molecular complexity index is 773. The fourth-order valence-electron chi connectivity index (χ4n) is 1.79. The largest absolute Gasteiger partial charge is 0.495 e. The highest BCUT2D eigenvalue weighted by atomic mass is 32.1. The van der Waals surface area contributed by atoms with Gasteiger partial charge in [-0.2, -0.15) is 0 Å². The van der Waals surface area contributed by atoms with E-state index < -0.39 is 22.9 Å². The molecule has 1 atom stereocenters. The normalized spacial score (nSPS) is 11.4. The number of nitrogens with one attached hydrogen (secondary N) is 1. The van der Waals surface area contributed by atoms with Gasteiger partial charge in [-0.1, -0.05) is 23.5 Å². The van der Waals surface area contributed by atoms with Crippen LogP contribution in [0.4, 0.5) is 10.7 Å². The van der Waals surface area contributed by atoms with Crippen molar-refractivity contribution in [1.82, 2.24) is 0 Å². The first kappa shape index (κ1) is 17.4. The first-order chi connectivity index (χ1) is 11.4. The zero-order chi connectivity index (χ0) is 17.7. The van der Waals surface area contributed by atoms with Gasteiger partial charge in [-0.25, -0.2) is 4.79 Å². The summed E-state index contributed by atoms with van der Waals surface area (Å²) in [4.78, 5) is 34.1. The number of hydrogen-bond donors (Lipinski definition) is 1. The van der Waals surface area contributed by atoms with E-state index in [9.17, 15) is 19.7 Å². The molecule has 0 saturated carbocycles. The van der Waals surface area contributed by atoms with Gasteiger partial charge in [-0.3, -0.25) is 14.9 Å². The Hall–Kier alpha value is -2.94. The van der Waals surface area contributed by atoms with Crippen LogP contribution < -0.4 is 10.1 Å². The van der Waals surface area contributed by atoms with E-state index in [1.165, 1.54) is 26.2 Å². The molecule has 0 spiro atoms. The van der Waals surface area contributed by atoms with Crippen LogP contribution in [0.3, 0.4) is 0 Å². The van der Waals surface area contributed by atoms with Crippen LogP contribution in [0, 0.1) is 10.1 Å². The summed E-state index contributed by atoms with van der Waals surface area (Å²) >= 11 is 0.688. The molecule has 24 heavy (non-hydrogen) atoms. The lowest BCUT2D eigenvalue weighted by atomic mass is 10.2. The Morgan fingerprint density at radius 2 is 1.96 bits per heavy atom. The van der Waals surface area contributed by atoms with Crippen molar-refractivity contribution >= 4 is 33.9 Å². The van der Waals surface area contributed by atoms with E-state index in [0.717, 1.165) is 0 Å². The number of thiophene rings is 1. The van der Waals surface area contributed by atoms with Crippen molar-refractivity contribution in [2.24, 2.45) is 0 Å². The Labute approximate surface area is 141 Å². The molecule has 0 saturated heterocycles. The van der Waals surface area contributed by atoms with Crippen LogP contribution >= 0.6 is 11.3 Å². The van der Waals surface area contributed by atoms with Crippen LogP contribution in [-0.4, -0.2) is 30.0 Å². The standard InChI is InChI=1S/C15H14N2O6S/c1-9(14(18)16-10-5-3-4-6-11(10)22-2)23-15(19)12-7-8-13(24-12)17(20)21/h3-9H,1-2H3,(H,16,18)/t9-/m1/s1. The number of nitrogens with zero attached hydrogens (tertiary/aromatic N) is 1. The summed E-state index contributed by atoms with van der Waals surface area (Å²) in [5.74, 6) is -0.868. The zero-order valence-corrected chi connectivity index (χ0v) is 13.7. The number of hydrogen-bond acceptors (Lipinski definition) is 7. The van der Waals surface area contributed by atoms with Crippen LogP contribution in [-0.2, 0) is 9.53 Å². The van der Waals surface area contributed by atoms with E-state index in [0.29, 0.717) is 22.8 Å². The van der Waals surface area contributed by atoms with Gasteiger partial charge in [0.2, 0.25) is 0 Å². The van der Waals surface area contributed by atoms with E-state index in [-0.39, 0.29) is 9.88 Å². The highest BCUT2D eigenvalue weighted by Crippen LogP contribution is 2.25. The molecule has 1 amide bonds. The highest BCUT2D eigenvalue weighted by molar-refractivity contribution is 7.17. The van der Waals surface area contributed by atoms with Crippen molar-refractivity contribution in [2.75, 3.05) is 12.4 Å². The monoisotopic (exact) mass is 350 g/mol. The Morgan fingerprint density at radius 3 is 2.58 bits per heavy atom. The van der Waals surface area contributed by atoms with Gasteiger partial charge in [0.15, 0.2) is 6.10 Å². The van der Waals surface area contributed by atoms with E-state index in [4.69, 9.17) is 9.47 Å². The molecule has 0 aliphatic heterocycles. The third-order valence-corrected chi connectivity index (χ3v) is 4.01. The maximum absolute atomic E-state index is 12.1. The second-order valence-corrected chi connectivity index (χ2v) is 5.69. The molecule has 1 heterocycles. The summed E-state index contributed by atoms with van der Waals surface area (Å²) in [5, 5.41) is 13.0. The third-order valence-electron chi connectivity index (χ3n) is 2.99. The molecule has 0 aliphatic carbocycles. The number of esters is 1. The minimum Gasteiger partial charge on any atom is -0.495 e. The summed E-state index contributed by atoms with van der Waals surface area (Å²) in [6.45, 7) is 1.41. The molecule has 0 fully saturated rings. The van der Waals surface area contributed by atoms with Gasteiger partial charge in [0.25, 0.3) is 5.91 Å². The molecule has 1 N–H and O–H groups in total. The number of nitro groups is 1. The molecule has 2 rings (SSSR count). The molecule has 0 unspecified atom stereocenters. The van der Waals surface area contributed by atoms with Gasteiger partial charge in [0, 0.05) is 6.07 Å². The predicted octanol–water partition coefficient (Wildman–Crippen LogP) is 2.85. The van der Waals surface area contributed by atoms with Crippen LogP contribution in [0.5, 0.6) is 5.75 Å². The predicted molar refractivity (Wildman–Crippen MR) is 87.5 cm³/mol. The van der Waals surface area contributed by atoms with Gasteiger partial charge in [-0.05, 0) is 25.1 Å². The number of benzene rings is 1. The first-order valence-corrected chi connectivity index (χ1v) is 7.63. The summed E-state index contributed by atoms with van der Waals surface area (Å²) < 4.78 is 10.1. The van der Waals surface area contributed by atoms with E-state index in [1.807, 2.05) is 0 Å². The van der Waals surface area contributed by atoms with Gasteiger partial charge in [-0.15, -0.1) is 0 Å². The average Bonchev–Trinajstić information content (AvgIpc) is 3.05. The summed E-state index contributed by atoms with van der Waals surface area (Å²) in [7, 11) is 1.47. The minimum absolute atomic E-state index is 0.0543. The van der Waals surface area contributed by atoms with Crippen LogP contribution in [0.2, 0.25) is 0 Å². The lowest BCUT2D eigenvalue weighted by molar-refractivity contribution is -0.380. The number of carbonyl (C=O) groups excluding carboxylic acids is 2. The molecule has 8 nitrogen and oxygen atoms in total. The Kier molecular flexibility index (Phi) is 5.48. The van der Waals surface area contributed by atoms with Crippen LogP contribution in [0.1, 0.15) is 16.6 Å². The van der Waals surface area contributed by atoms with E-state index >= 15 is 0 Å². The highest BCUT2D eigenvalue weighted by Gasteiger charge is 2.22. The number of rotatable bonds is 6. The summed E-state index contributed by atoms with van der Waals surface area (Å²) in [5.41, 5.74) is 0.444. The second kappa shape index (κ2) is 7.55. The van der Waals surface area contributed by atoms with Gasteiger partial charge in [0.1, 0.15) is 10.6 Å². The molecule has 9 heteroatoms. The number of carbonyl (C=O) groups is 2. The number of methoxy groups -OCH3 is 1. The maximum atomic E-state index is 12.1. The van der Waals surface area contributed by atoms with E-state index in [1.54, 1.807) is 24.3 Å². The topological polar surface area (TPSA) is 108 Å². The lowest BCUT2D eigenvalue weighted by Gasteiger charge is -2.14. The summed E-state index contributed by atoms with van der Waals surface area (Å²) in [6.07, 6.45) is -1.08. The van der Waals surface area contributed by atoms with Crippen LogP contribution in [0.25, 0.3) is 0 Å². The minimum atomic E-state index is -1.08. The Morgan fingerprint density at radius 1 is 1.25 bits per heavy atom. The molecular weight excluding hydrogens is 336 g/mol. The average molecular weight is 350 g/mol. The molecule has 1 aromatic carbocycles. The summed E-state index contributed by atoms with van der Waals surface area (Å²) in [6, 6.07) is 9.29. The SMILES string of the molecule is COc1ccccc1NC(=O)[C@@H](C)OC(=O)c1ccc([N+](=O)[O-])s1. The molecule has 126 valence electrons. The number of ether oxygens (including phenoxy) is 2. The van der Waals surface area contributed by atoms with Crippen molar-refractivity contribution in [3.63, 3.8) is 0 Å². The van der Waals surface area contributed by atoms with Crippen molar-refractivity contribution in [3.8, 4) is 5.75 Å². The smallest absolute Gasteiger partial charge is 0.349 e. The van der Waals surface area contributed by atoms with Crippen molar-refractivity contribution in [2.45, 2.75) is 13.0 Å². The van der Waals surface area contributed by atoms with Crippen molar-refractivity contribution in [1.29, 1.82) is 0 Å². The molecule has 0 aliphatic rings. The molecular formula is C15H14N2O6S. The van der Waals surface area contributed by atoms with Crippen molar-refractivity contribution in [3.05, 3.63) is 51.4 Å². The van der Waals surface area contributed by atoms with E-state index in [2.05, 4.69) is 5.32 Å². The fraction of sp³-hybridized carbons (Fsp3) is 0.200. The zero-order valence-electron chi connectivity index (χ0n) is 12.8. The number of anilines is 1. The van der Waals surface area contributed by atoms with Gasteiger partial charge >= 0.3 is 11.0 Å².